The van der Waals surface area contributed by atoms with E-state index in [0.717, 1.165) is 38.9 Å². The van der Waals surface area contributed by atoms with Crippen molar-refractivity contribution in [1.82, 2.24) is 10.2 Å². The number of piperidine rings is 1. The molecule has 0 aromatic heterocycles. The van der Waals surface area contributed by atoms with Crippen LogP contribution in [0.1, 0.15) is 40.0 Å². The lowest BCUT2D eigenvalue weighted by atomic mass is 10.0. The number of amides is 1. The third kappa shape index (κ3) is 4.64. The van der Waals surface area contributed by atoms with Gasteiger partial charge >= 0.3 is 0 Å². The molecule has 0 aliphatic carbocycles. The lowest BCUT2D eigenvalue weighted by Gasteiger charge is -2.34. The number of hydrogen-bond acceptors (Lipinski definition) is 3. The molecule has 1 saturated heterocycles. The molecule has 100 valence electrons. The van der Waals surface area contributed by atoms with Crippen LogP contribution in [0.25, 0.3) is 0 Å². The predicted octanol–water partition coefficient (Wildman–Crippen LogP) is 1.40. The van der Waals surface area contributed by atoms with Gasteiger partial charge < -0.3 is 15.0 Å². The molecule has 2 atom stereocenters. The van der Waals surface area contributed by atoms with Gasteiger partial charge in [0.25, 0.3) is 0 Å². The molecule has 2 unspecified atom stereocenters. The summed E-state index contributed by atoms with van der Waals surface area (Å²) in [6.45, 7) is 9.36. The van der Waals surface area contributed by atoms with Crippen LogP contribution in [-0.2, 0) is 9.53 Å². The fourth-order valence-electron chi connectivity index (χ4n) is 2.28. The van der Waals surface area contributed by atoms with Gasteiger partial charge in [0, 0.05) is 19.7 Å². The maximum absolute atomic E-state index is 12.2. The van der Waals surface area contributed by atoms with E-state index in [0.29, 0.717) is 6.61 Å². The van der Waals surface area contributed by atoms with Gasteiger partial charge in [-0.15, -0.1) is 0 Å². The van der Waals surface area contributed by atoms with Crippen LogP contribution in [0.4, 0.5) is 0 Å². The Morgan fingerprint density at radius 3 is 2.94 bits per heavy atom. The summed E-state index contributed by atoms with van der Waals surface area (Å²) in [5, 5.41) is 3.32. The molecule has 0 saturated carbocycles. The summed E-state index contributed by atoms with van der Waals surface area (Å²) in [4.78, 5) is 14.1. The van der Waals surface area contributed by atoms with Crippen molar-refractivity contribution in [1.29, 1.82) is 0 Å². The highest BCUT2D eigenvalue weighted by Gasteiger charge is 2.28. The maximum Gasteiger partial charge on any atom is 0.239 e. The van der Waals surface area contributed by atoms with Crippen LogP contribution in [-0.4, -0.2) is 49.2 Å². The Labute approximate surface area is 105 Å². The van der Waals surface area contributed by atoms with Gasteiger partial charge in [-0.3, -0.25) is 4.79 Å². The number of likely N-dealkylation sites (tertiary alicyclic amines) is 1. The molecule has 1 heterocycles. The Morgan fingerprint density at radius 2 is 2.29 bits per heavy atom. The van der Waals surface area contributed by atoms with Crippen molar-refractivity contribution in [3.63, 3.8) is 0 Å². The van der Waals surface area contributed by atoms with Gasteiger partial charge in [-0.05, 0) is 39.7 Å². The molecule has 0 aromatic rings. The first kappa shape index (κ1) is 14.5. The molecule has 1 N–H and O–H groups in total. The van der Waals surface area contributed by atoms with Crippen molar-refractivity contribution in [2.45, 2.75) is 52.2 Å². The second-order valence-corrected chi connectivity index (χ2v) is 4.70. The van der Waals surface area contributed by atoms with E-state index in [4.69, 9.17) is 4.74 Å². The molecule has 0 aromatic carbocycles. The van der Waals surface area contributed by atoms with Crippen LogP contribution < -0.4 is 5.32 Å². The van der Waals surface area contributed by atoms with Gasteiger partial charge in [0.15, 0.2) is 0 Å². The van der Waals surface area contributed by atoms with Crippen molar-refractivity contribution >= 4 is 5.91 Å². The average Bonchev–Trinajstić information content (AvgIpc) is 2.30. The van der Waals surface area contributed by atoms with E-state index < -0.39 is 0 Å². The summed E-state index contributed by atoms with van der Waals surface area (Å²) in [6.07, 6.45) is 3.26. The molecule has 1 fully saturated rings. The zero-order chi connectivity index (χ0) is 12.7. The van der Waals surface area contributed by atoms with Gasteiger partial charge in [0.1, 0.15) is 0 Å². The van der Waals surface area contributed by atoms with E-state index in [1.807, 2.05) is 18.7 Å². The first-order valence-electron chi connectivity index (χ1n) is 6.82. The molecule has 1 amide bonds. The molecule has 1 rings (SSSR count). The van der Waals surface area contributed by atoms with Crippen LogP contribution in [0.15, 0.2) is 0 Å². The summed E-state index contributed by atoms with van der Waals surface area (Å²) in [7, 11) is 0. The maximum atomic E-state index is 12.2. The SMILES string of the molecule is CCCNC1CCCN(CC(C)OCC)C1=O. The molecule has 17 heavy (non-hydrogen) atoms. The summed E-state index contributed by atoms with van der Waals surface area (Å²) >= 11 is 0. The summed E-state index contributed by atoms with van der Waals surface area (Å²) < 4.78 is 5.49. The summed E-state index contributed by atoms with van der Waals surface area (Å²) in [6, 6.07) is 0.0255. The van der Waals surface area contributed by atoms with Crippen LogP contribution in [0, 0.1) is 0 Å². The Morgan fingerprint density at radius 1 is 1.53 bits per heavy atom. The number of carbonyl (C=O) groups excluding carboxylic acids is 1. The smallest absolute Gasteiger partial charge is 0.239 e. The van der Waals surface area contributed by atoms with E-state index >= 15 is 0 Å². The highest BCUT2D eigenvalue weighted by atomic mass is 16.5. The minimum atomic E-state index is 0.0255. The predicted molar refractivity (Wildman–Crippen MR) is 69.0 cm³/mol. The lowest BCUT2D eigenvalue weighted by Crippen LogP contribution is -2.52. The number of carbonyl (C=O) groups is 1. The number of nitrogens with zero attached hydrogens (tertiary/aromatic N) is 1. The summed E-state index contributed by atoms with van der Waals surface area (Å²) in [5.41, 5.74) is 0. The van der Waals surface area contributed by atoms with E-state index in [-0.39, 0.29) is 18.1 Å². The highest BCUT2D eigenvalue weighted by molar-refractivity contribution is 5.82. The van der Waals surface area contributed by atoms with Gasteiger partial charge in [-0.2, -0.15) is 0 Å². The Balaban J connectivity index is 2.41. The normalized spacial score (nSPS) is 22.9. The lowest BCUT2D eigenvalue weighted by molar-refractivity contribution is -0.137. The number of nitrogens with one attached hydrogen (secondary N) is 1. The van der Waals surface area contributed by atoms with Crippen molar-refractivity contribution in [3.05, 3.63) is 0 Å². The first-order chi connectivity index (χ1) is 8.19. The quantitative estimate of drug-likeness (QED) is 0.734. The molecular weight excluding hydrogens is 216 g/mol. The average molecular weight is 242 g/mol. The summed E-state index contributed by atoms with van der Waals surface area (Å²) in [5.74, 6) is 0.247. The zero-order valence-electron chi connectivity index (χ0n) is 11.4. The van der Waals surface area contributed by atoms with Crippen molar-refractivity contribution in [2.75, 3.05) is 26.2 Å². The minimum absolute atomic E-state index is 0.0255. The van der Waals surface area contributed by atoms with E-state index in [2.05, 4.69) is 12.2 Å². The third-order valence-electron chi connectivity index (χ3n) is 3.10. The topological polar surface area (TPSA) is 41.6 Å². The molecule has 4 heteroatoms. The zero-order valence-corrected chi connectivity index (χ0v) is 11.4. The van der Waals surface area contributed by atoms with E-state index in [1.165, 1.54) is 0 Å². The Kier molecular flexibility index (Phi) is 6.52. The highest BCUT2D eigenvalue weighted by Crippen LogP contribution is 2.12. The van der Waals surface area contributed by atoms with E-state index in [9.17, 15) is 4.79 Å². The van der Waals surface area contributed by atoms with Gasteiger partial charge in [-0.1, -0.05) is 6.92 Å². The van der Waals surface area contributed by atoms with Crippen molar-refractivity contribution in [3.8, 4) is 0 Å². The van der Waals surface area contributed by atoms with Gasteiger partial charge in [0.05, 0.1) is 12.1 Å². The van der Waals surface area contributed by atoms with Crippen LogP contribution >= 0.6 is 0 Å². The fourth-order valence-corrected chi connectivity index (χ4v) is 2.28. The molecule has 0 bridgehead atoms. The number of rotatable bonds is 7. The monoisotopic (exact) mass is 242 g/mol. The Bertz CT molecular complexity index is 233. The molecule has 0 spiro atoms. The molecule has 4 nitrogen and oxygen atoms in total. The van der Waals surface area contributed by atoms with Crippen LogP contribution in [0.2, 0.25) is 0 Å². The standard InChI is InChI=1S/C13H26N2O2/c1-4-8-14-12-7-6-9-15(13(12)16)10-11(3)17-5-2/h11-12,14H,4-10H2,1-3H3. The van der Waals surface area contributed by atoms with Crippen LogP contribution in [0.5, 0.6) is 0 Å². The molecule has 1 aliphatic heterocycles. The molecule has 0 radical (unpaired) electrons. The number of ether oxygens (including phenoxy) is 1. The fraction of sp³-hybridized carbons (Fsp3) is 0.923. The largest absolute Gasteiger partial charge is 0.377 e. The second kappa shape index (κ2) is 7.67. The van der Waals surface area contributed by atoms with E-state index in [1.54, 1.807) is 0 Å². The van der Waals surface area contributed by atoms with Gasteiger partial charge in [-0.25, -0.2) is 0 Å². The minimum Gasteiger partial charge on any atom is -0.377 e. The van der Waals surface area contributed by atoms with Crippen LogP contribution in [0.3, 0.4) is 0 Å². The first-order valence-corrected chi connectivity index (χ1v) is 6.82. The second-order valence-electron chi connectivity index (χ2n) is 4.70. The number of hydrogen-bond donors (Lipinski definition) is 1. The Hall–Kier alpha value is -0.610. The van der Waals surface area contributed by atoms with Crippen molar-refractivity contribution < 1.29 is 9.53 Å². The van der Waals surface area contributed by atoms with Crippen molar-refractivity contribution in [2.24, 2.45) is 0 Å². The molecule has 1 aliphatic rings. The third-order valence-corrected chi connectivity index (χ3v) is 3.10. The molecular formula is C13H26N2O2. The van der Waals surface area contributed by atoms with Gasteiger partial charge in [0.2, 0.25) is 5.91 Å².